The maximum Gasteiger partial charge on any atom is 0.335 e. The van der Waals surface area contributed by atoms with E-state index in [0.29, 0.717) is 40.9 Å². The molecule has 1 aliphatic rings. The van der Waals surface area contributed by atoms with Crippen molar-refractivity contribution in [2.75, 3.05) is 4.90 Å². The van der Waals surface area contributed by atoms with Crippen molar-refractivity contribution in [1.29, 1.82) is 0 Å². The quantitative estimate of drug-likeness (QED) is 0.222. The van der Waals surface area contributed by atoms with Crippen molar-refractivity contribution in [3.63, 3.8) is 0 Å². The number of ether oxygens (including phenoxy) is 1. The Bertz CT molecular complexity index is 1460. The second kappa shape index (κ2) is 10.9. The van der Waals surface area contributed by atoms with Crippen LogP contribution in [0.15, 0.2) is 63.0 Å². The number of barbiturate groups is 1. The normalized spacial score (nSPS) is 14.9. The molecule has 0 unspecified atom stereocenters. The molecule has 1 fully saturated rings. The van der Waals surface area contributed by atoms with E-state index in [9.17, 15) is 14.4 Å². The number of carbonyl (C=O) groups is 3. The summed E-state index contributed by atoms with van der Waals surface area (Å²) in [7, 11) is 0. The highest BCUT2D eigenvalue weighted by atomic mass is 79.9. The van der Waals surface area contributed by atoms with Crippen LogP contribution in [-0.2, 0) is 16.2 Å². The summed E-state index contributed by atoms with van der Waals surface area (Å²) in [6, 6.07) is 12.4. The number of anilines is 1. The highest BCUT2D eigenvalue weighted by molar-refractivity contribution is 9.11. The maximum atomic E-state index is 13.3. The van der Waals surface area contributed by atoms with Crippen molar-refractivity contribution in [1.82, 2.24) is 5.32 Å². The van der Waals surface area contributed by atoms with Crippen molar-refractivity contribution in [2.24, 2.45) is 0 Å². The second-order valence-corrected chi connectivity index (χ2v) is 10.7. The van der Waals surface area contributed by atoms with E-state index in [-0.39, 0.29) is 17.9 Å². The average molecular weight is 674 g/mol. The van der Waals surface area contributed by atoms with Gasteiger partial charge < -0.3 is 4.74 Å². The minimum atomic E-state index is -0.869. The summed E-state index contributed by atoms with van der Waals surface area (Å²) in [5.74, 6) is -1.27. The van der Waals surface area contributed by atoms with Crippen molar-refractivity contribution in [3.8, 4) is 5.75 Å². The van der Waals surface area contributed by atoms with Gasteiger partial charge in [-0.05, 0) is 70.9 Å². The first-order valence-electron chi connectivity index (χ1n) is 10.3. The molecule has 0 saturated carbocycles. The van der Waals surface area contributed by atoms with Crippen LogP contribution >= 0.6 is 66.7 Å². The van der Waals surface area contributed by atoms with Gasteiger partial charge in [0.15, 0.2) is 0 Å². The van der Waals surface area contributed by atoms with Crippen molar-refractivity contribution in [2.45, 2.75) is 13.5 Å². The lowest BCUT2D eigenvalue weighted by Crippen LogP contribution is -2.54. The van der Waals surface area contributed by atoms with Gasteiger partial charge in [0.25, 0.3) is 11.8 Å². The Morgan fingerprint density at radius 3 is 2.42 bits per heavy atom. The minimum absolute atomic E-state index is 0.0963. The van der Waals surface area contributed by atoms with E-state index < -0.39 is 17.8 Å². The molecule has 0 atom stereocenters. The van der Waals surface area contributed by atoms with Gasteiger partial charge in [-0.1, -0.05) is 62.9 Å². The van der Waals surface area contributed by atoms with E-state index in [4.69, 9.17) is 39.5 Å². The van der Waals surface area contributed by atoms with Gasteiger partial charge in [0.2, 0.25) is 0 Å². The molecule has 0 spiro atoms. The molecule has 1 N–H and O–H groups in total. The van der Waals surface area contributed by atoms with Crippen LogP contribution in [0.25, 0.3) is 6.08 Å². The third-order valence-corrected chi connectivity index (χ3v) is 7.28. The number of halogens is 5. The van der Waals surface area contributed by atoms with Crippen LogP contribution in [0, 0.1) is 6.92 Å². The number of amides is 4. The summed E-state index contributed by atoms with van der Waals surface area (Å²) in [6.45, 7) is 1.89. The SMILES string of the molecule is Cc1ccc(N2C(=O)NC(=O)/C(=C\c3cc(Br)cc(Br)c3OCc3ccc(Cl)cc3Cl)C2=O)cc1Cl. The molecule has 0 bridgehead atoms. The van der Waals surface area contributed by atoms with Crippen LogP contribution in [0.3, 0.4) is 0 Å². The van der Waals surface area contributed by atoms with E-state index in [0.717, 1.165) is 10.5 Å². The fraction of sp³-hybridized carbons (Fsp3) is 0.0800. The molecule has 184 valence electrons. The lowest BCUT2D eigenvalue weighted by molar-refractivity contribution is -0.122. The van der Waals surface area contributed by atoms with Gasteiger partial charge in [-0.3, -0.25) is 14.9 Å². The summed E-state index contributed by atoms with van der Waals surface area (Å²) < 4.78 is 7.25. The largest absolute Gasteiger partial charge is 0.487 e. The molecular weight excluding hydrogens is 658 g/mol. The first-order valence-corrected chi connectivity index (χ1v) is 13.0. The van der Waals surface area contributed by atoms with Crippen LogP contribution < -0.4 is 15.0 Å². The second-order valence-electron chi connectivity index (χ2n) is 7.72. The molecule has 0 aromatic heterocycles. The van der Waals surface area contributed by atoms with E-state index >= 15 is 0 Å². The van der Waals surface area contributed by atoms with E-state index in [1.165, 1.54) is 12.1 Å². The van der Waals surface area contributed by atoms with Gasteiger partial charge in [0, 0.05) is 30.7 Å². The zero-order valence-corrected chi connectivity index (χ0v) is 23.8. The third kappa shape index (κ3) is 5.63. The Balaban J connectivity index is 1.72. The van der Waals surface area contributed by atoms with Crippen LogP contribution in [0.1, 0.15) is 16.7 Å². The molecule has 0 aliphatic carbocycles. The van der Waals surface area contributed by atoms with Crippen LogP contribution in [0.5, 0.6) is 5.75 Å². The number of rotatable bonds is 5. The molecule has 4 amide bonds. The van der Waals surface area contributed by atoms with Crippen molar-refractivity contribution >= 4 is 96.3 Å². The number of carbonyl (C=O) groups excluding carboxylic acids is 3. The molecule has 1 saturated heterocycles. The molecular formula is C25H15Br2Cl3N2O4. The van der Waals surface area contributed by atoms with Crippen molar-refractivity contribution < 1.29 is 19.1 Å². The number of nitrogens with zero attached hydrogens (tertiary/aromatic N) is 1. The monoisotopic (exact) mass is 670 g/mol. The lowest BCUT2D eigenvalue weighted by Gasteiger charge is -2.27. The average Bonchev–Trinajstić information content (AvgIpc) is 2.79. The predicted molar refractivity (Wildman–Crippen MR) is 148 cm³/mol. The molecule has 1 aliphatic heterocycles. The topological polar surface area (TPSA) is 75.7 Å². The minimum Gasteiger partial charge on any atom is -0.487 e. The standard InChI is InChI=1S/C25H15Br2Cl3N2O4/c1-12-2-5-17(10-20(12)29)32-24(34)18(23(33)31-25(32)35)7-14-6-15(26)8-19(27)22(14)36-11-13-3-4-16(28)9-21(13)30/h2-10H,11H2,1H3,(H,31,33,35)/b18-7+. The molecule has 36 heavy (non-hydrogen) atoms. The Kier molecular flexibility index (Phi) is 8.12. The van der Waals surface area contributed by atoms with E-state index in [2.05, 4.69) is 37.2 Å². The number of hydrogen-bond donors (Lipinski definition) is 1. The Labute approximate surface area is 238 Å². The number of benzene rings is 3. The zero-order valence-electron chi connectivity index (χ0n) is 18.4. The van der Waals surface area contributed by atoms with Crippen LogP contribution in [0.4, 0.5) is 10.5 Å². The van der Waals surface area contributed by atoms with E-state index in [1.807, 2.05) is 0 Å². The van der Waals surface area contributed by atoms with Gasteiger partial charge in [-0.25, -0.2) is 9.69 Å². The van der Waals surface area contributed by atoms with Crippen LogP contribution in [-0.4, -0.2) is 17.8 Å². The molecule has 11 heteroatoms. The Morgan fingerprint density at radius 1 is 0.972 bits per heavy atom. The Morgan fingerprint density at radius 2 is 1.72 bits per heavy atom. The molecule has 6 nitrogen and oxygen atoms in total. The van der Waals surface area contributed by atoms with Gasteiger partial charge in [-0.15, -0.1) is 0 Å². The fourth-order valence-electron chi connectivity index (χ4n) is 3.40. The van der Waals surface area contributed by atoms with Gasteiger partial charge in [-0.2, -0.15) is 0 Å². The number of imide groups is 2. The predicted octanol–water partition coefficient (Wildman–Crippen LogP) is 7.73. The Hall–Kier alpha value is -2.36. The van der Waals surface area contributed by atoms with Gasteiger partial charge in [0.1, 0.15) is 17.9 Å². The number of urea groups is 1. The molecule has 3 aromatic carbocycles. The number of hydrogen-bond acceptors (Lipinski definition) is 4. The lowest BCUT2D eigenvalue weighted by atomic mass is 10.1. The van der Waals surface area contributed by atoms with E-state index in [1.54, 1.807) is 49.4 Å². The van der Waals surface area contributed by atoms with Crippen LogP contribution in [0.2, 0.25) is 15.1 Å². The molecule has 4 rings (SSSR count). The smallest absolute Gasteiger partial charge is 0.335 e. The molecule has 0 radical (unpaired) electrons. The third-order valence-electron chi connectivity index (χ3n) is 5.24. The first-order chi connectivity index (χ1) is 17.0. The van der Waals surface area contributed by atoms with Crippen molar-refractivity contribution in [3.05, 3.63) is 94.8 Å². The summed E-state index contributed by atoms with van der Waals surface area (Å²) in [5, 5.41) is 3.51. The highest BCUT2D eigenvalue weighted by Crippen LogP contribution is 2.36. The summed E-state index contributed by atoms with van der Waals surface area (Å²) in [4.78, 5) is 39.4. The maximum absolute atomic E-state index is 13.3. The summed E-state index contributed by atoms with van der Waals surface area (Å²) in [5.41, 5.74) is 1.85. The number of nitrogens with one attached hydrogen (secondary N) is 1. The first kappa shape index (κ1) is 26.7. The van der Waals surface area contributed by atoms with Gasteiger partial charge in [0.05, 0.1) is 10.2 Å². The summed E-state index contributed by atoms with van der Waals surface area (Å²) >= 11 is 25.3. The summed E-state index contributed by atoms with van der Waals surface area (Å²) in [6.07, 6.45) is 1.36. The van der Waals surface area contributed by atoms with Gasteiger partial charge >= 0.3 is 6.03 Å². The zero-order chi connectivity index (χ0) is 26.1. The molecule has 1 heterocycles. The highest BCUT2D eigenvalue weighted by Gasteiger charge is 2.37. The fourth-order valence-corrected chi connectivity index (χ4v) is 5.41. The molecule has 3 aromatic rings. The number of aryl methyl sites for hydroxylation is 1.